The highest BCUT2D eigenvalue weighted by Gasteiger charge is 1.98. The Kier molecular flexibility index (Phi) is 3.96. The molecular weight excluding hydrogens is 288 g/mol. The van der Waals surface area contributed by atoms with Gasteiger partial charge in [0.15, 0.2) is 0 Å². The van der Waals surface area contributed by atoms with Gasteiger partial charge in [0.1, 0.15) is 0 Å². The van der Waals surface area contributed by atoms with E-state index in [1.165, 1.54) is 14.9 Å². The second kappa shape index (κ2) is 4.53. The van der Waals surface area contributed by atoms with Gasteiger partial charge in [-0.25, -0.2) is 0 Å². The van der Waals surface area contributed by atoms with E-state index >= 15 is 0 Å². The van der Waals surface area contributed by atoms with Crippen molar-refractivity contribution in [3.05, 3.63) is 28.2 Å². The van der Waals surface area contributed by atoms with Crippen molar-refractivity contribution < 1.29 is 0 Å². The summed E-state index contributed by atoms with van der Waals surface area (Å²) in [6.45, 7) is 0. The fourth-order valence-electron chi connectivity index (χ4n) is 0.763. The summed E-state index contributed by atoms with van der Waals surface area (Å²) in [5, 5.41) is 0.905. The van der Waals surface area contributed by atoms with Gasteiger partial charge < -0.3 is 0 Å². The third kappa shape index (κ3) is 2.49. The van der Waals surface area contributed by atoms with Gasteiger partial charge >= 0.3 is 0 Å². The van der Waals surface area contributed by atoms with E-state index in [1.54, 1.807) is 11.8 Å². The number of benzene rings is 1. The molecule has 0 aromatic heterocycles. The first-order chi connectivity index (χ1) is 5.27. The van der Waals surface area contributed by atoms with Crippen LogP contribution in [0.25, 0.3) is 0 Å². The van der Waals surface area contributed by atoms with E-state index < -0.39 is 0 Å². The number of rotatable bonds is 2. The molecule has 0 nitrogen and oxygen atoms in total. The third-order valence-electron chi connectivity index (χ3n) is 1.40. The molecule has 0 saturated carbocycles. The molecule has 0 aliphatic rings. The topological polar surface area (TPSA) is 0 Å². The molecule has 0 bridgehead atoms. The number of halogens is 2. The largest absolute Gasteiger partial charge is 0.130 e. The zero-order valence-electron chi connectivity index (χ0n) is 6.10. The fourth-order valence-corrected chi connectivity index (χ4v) is 2.74. The van der Waals surface area contributed by atoms with Crippen LogP contribution >= 0.6 is 43.6 Å². The van der Waals surface area contributed by atoms with E-state index in [-0.39, 0.29) is 0 Å². The number of thioether (sulfide) groups is 1. The summed E-state index contributed by atoms with van der Waals surface area (Å²) in [5.74, 6) is 0. The number of hydrogen-bond donors (Lipinski definition) is 0. The maximum atomic E-state index is 3.50. The lowest BCUT2D eigenvalue weighted by atomic mass is 10.2. The second-order valence-electron chi connectivity index (χ2n) is 2.09. The van der Waals surface area contributed by atoms with Crippen molar-refractivity contribution in [1.29, 1.82) is 0 Å². The van der Waals surface area contributed by atoms with E-state index in [9.17, 15) is 0 Å². The molecule has 0 N–H and O–H groups in total. The van der Waals surface area contributed by atoms with Crippen molar-refractivity contribution in [2.45, 2.75) is 10.2 Å². The first kappa shape index (κ1) is 9.62. The minimum absolute atomic E-state index is 0.905. The van der Waals surface area contributed by atoms with E-state index in [1.807, 2.05) is 0 Å². The van der Waals surface area contributed by atoms with Gasteiger partial charge in [-0.05, 0) is 24.0 Å². The molecule has 1 aromatic carbocycles. The summed E-state index contributed by atoms with van der Waals surface area (Å²) < 4.78 is 1.18. The Labute approximate surface area is 88.0 Å². The predicted molar refractivity (Wildman–Crippen MR) is 58.6 cm³/mol. The number of hydrogen-bond acceptors (Lipinski definition) is 1. The maximum absolute atomic E-state index is 3.50. The summed E-state index contributed by atoms with van der Waals surface area (Å²) >= 11 is 8.68. The quantitative estimate of drug-likeness (QED) is 0.585. The van der Waals surface area contributed by atoms with Gasteiger partial charge in [-0.1, -0.05) is 37.9 Å². The van der Waals surface area contributed by atoms with Crippen LogP contribution in [-0.2, 0) is 5.33 Å². The second-order valence-corrected chi connectivity index (χ2v) is 4.39. The number of alkyl halides is 1. The SMILES string of the molecule is CSc1ccc(CBr)c(Br)c1. The fraction of sp³-hybridized carbons (Fsp3) is 0.250. The summed E-state index contributed by atoms with van der Waals surface area (Å²) in [7, 11) is 0. The van der Waals surface area contributed by atoms with Crippen LogP contribution < -0.4 is 0 Å². The zero-order valence-corrected chi connectivity index (χ0v) is 10.1. The molecule has 0 heterocycles. The molecule has 0 atom stereocenters. The molecule has 0 spiro atoms. The van der Waals surface area contributed by atoms with E-state index in [0.717, 1.165) is 5.33 Å². The van der Waals surface area contributed by atoms with Crippen molar-refractivity contribution in [2.75, 3.05) is 6.26 Å². The van der Waals surface area contributed by atoms with Crippen LogP contribution in [-0.4, -0.2) is 6.26 Å². The van der Waals surface area contributed by atoms with Crippen molar-refractivity contribution in [3.63, 3.8) is 0 Å². The minimum atomic E-state index is 0.905. The Hall–Kier alpha value is 0.530. The average molecular weight is 296 g/mol. The first-order valence-electron chi connectivity index (χ1n) is 3.16. The highest BCUT2D eigenvalue weighted by molar-refractivity contribution is 9.10. The zero-order chi connectivity index (χ0) is 8.27. The van der Waals surface area contributed by atoms with Gasteiger partial charge in [-0.3, -0.25) is 0 Å². The molecule has 0 aliphatic heterocycles. The Bertz CT molecular complexity index is 248. The first-order valence-corrected chi connectivity index (χ1v) is 6.30. The molecule has 0 saturated heterocycles. The van der Waals surface area contributed by atoms with Crippen molar-refractivity contribution in [3.8, 4) is 0 Å². The van der Waals surface area contributed by atoms with Gasteiger partial charge in [0, 0.05) is 14.7 Å². The molecule has 3 heteroatoms. The van der Waals surface area contributed by atoms with Crippen LogP contribution in [0.4, 0.5) is 0 Å². The molecule has 0 amide bonds. The van der Waals surface area contributed by atoms with Crippen LogP contribution in [0.3, 0.4) is 0 Å². The Balaban J connectivity index is 2.99. The van der Waals surface area contributed by atoms with E-state index in [0.29, 0.717) is 0 Å². The predicted octanol–water partition coefficient (Wildman–Crippen LogP) is 4.07. The summed E-state index contributed by atoms with van der Waals surface area (Å²) in [6, 6.07) is 6.40. The Morgan fingerprint density at radius 1 is 1.45 bits per heavy atom. The molecule has 1 aromatic rings. The van der Waals surface area contributed by atoms with Gasteiger partial charge in [-0.15, -0.1) is 11.8 Å². The molecule has 0 unspecified atom stereocenters. The highest BCUT2D eigenvalue weighted by atomic mass is 79.9. The maximum Gasteiger partial charge on any atom is 0.0294 e. The van der Waals surface area contributed by atoms with Crippen LogP contribution in [0.1, 0.15) is 5.56 Å². The summed E-state index contributed by atoms with van der Waals surface area (Å²) in [5.41, 5.74) is 1.29. The molecule has 60 valence electrons. The van der Waals surface area contributed by atoms with E-state index in [2.05, 4.69) is 56.3 Å². The Morgan fingerprint density at radius 2 is 2.18 bits per heavy atom. The van der Waals surface area contributed by atoms with Gasteiger partial charge in [-0.2, -0.15) is 0 Å². The summed E-state index contributed by atoms with van der Waals surface area (Å²) in [4.78, 5) is 1.29. The van der Waals surface area contributed by atoms with Gasteiger partial charge in [0.2, 0.25) is 0 Å². The Morgan fingerprint density at radius 3 is 2.64 bits per heavy atom. The highest BCUT2D eigenvalue weighted by Crippen LogP contribution is 2.24. The van der Waals surface area contributed by atoms with Crippen LogP contribution in [0.5, 0.6) is 0 Å². The van der Waals surface area contributed by atoms with Crippen molar-refractivity contribution in [1.82, 2.24) is 0 Å². The smallest absolute Gasteiger partial charge is 0.0294 e. The van der Waals surface area contributed by atoms with Gasteiger partial charge in [0.25, 0.3) is 0 Å². The average Bonchev–Trinajstić information content (AvgIpc) is 2.04. The molecule has 1 rings (SSSR count). The van der Waals surface area contributed by atoms with Gasteiger partial charge in [0.05, 0.1) is 0 Å². The van der Waals surface area contributed by atoms with E-state index in [4.69, 9.17) is 0 Å². The lowest BCUT2D eigenvalue weighted by molar-refractivity contribution is 1.33. The standard InChI is InChI=1S/C8H8Br2S/c1-11-7-3-2-6(5-9)8(10)4-7/h2-4H,5H2,1H3. The van der Waals surface area contributed by atoms with Crippen molar-refractivity contribution in [2.24, 2.45) is 0 Å². The van der Waals surface area contributed by atoms with Crippen LogP contribution in [0.2, 0.25) is 0 Å². The van der Waals surface area contributed by atoms with Crippen molar-refractivity contribution >= 4 is 43.6 Å². The molecular formula is C8H8Br2S. The van der Waals surface area contributed by atoms with Crippen LogP contribution in [0, 0.1) is 0 Å². The normalized spacial score (nSPS) is 10.1. The molecule has 0 fully saturated rings. The lowest BCUT2D eigenvalue weighted by Crippen LogP contribution is -1.79. The molecule has 0 radical (unpaired) electrons. The third-order valence-corrected chi connectivity index (χ3v) is 3.47. The summed E-state index contributed by atoms with van der Waals surface area (Å²) in [6.07, 6.45) is 2.08. The molecule has 11 heavy (non-hydrogen) atoms. The monoisotopic (exact) mass is 294 g/mol. The minimum Gasteiger partial charge on any atom is -0.130 e. The molecule has 0 aliphatic carbocycles. The lowest BCUT2D eigenvalue weighted by Gasteiger charge is -2.01. The van der Waals surface area contributed by atoms with Crippen LogP contribution in [0.15, 0.2) is 27.6 Å².